The second-order valence-electron chi connectivity index (χ2n) is 6.56. The number of ether oxygens (including phenoxy) is 1. The Morgan fingerprint density at radius 3 is 2.60 bits per heavy atom. The van der Waals surface area contributed by atoms with Gasteiger partial charge in [-0.3, -0.25) is 0 Å². The predicted molar refractivity (Wildman–Crippen MR) is 103 cm³/mol. The number of hydrogen-bond acceptors (Lipinski definition) is 2. The molecule has 25 heavy (non-hydrogen) atoms. The van der Waals surface area contributed by atoms with Gasteiger partial charge >= 0.3 is 6.03 Å². The first-order valence-corrected chi connectivity index (χ1v) is 8.56. The molecule has 3 aromatic rings. The van der Waals surface area contributed by atoms with Crippen LogP contribution in [0.25, 0.3) is 21.8 Å². The van der Waals surface area contributed by atoms with Gasteiger partial charge in [-0.05, 0) is 38.1 Å². The van der Waals surface area contributed by atoms with E-state index in [0.29, 0.717) is 19.2 Å². The third kappa shape index (κ3) is 3.33. The number of likely N-dealkylation sites (N-methyl/N-ethyl adjacent to an activating group) is 1. The number of aromatic nitrogens is 1. The fourth-order valence-corrected chi connectivity index (χ4v) is 3.19. The van der Waals surface area contributed by atoms with Gasteiger partial charge in [-0.1, -0.05) is 18.2 Å². The Bertz CT molecular complexity index is 898. The molecule has 5 heteroatoms. The second-order valence-corrected chi connectivity index (χ2v) is 6.56. The highest BCUT2D eigenvalue weighted by molar-refractivity contribution is 6.09. The van der Waals surface area contributed by atoms with Crippen LogP contribution in [0.4, 0.5) is 10.5 Å². The van der Waals surface area contributed by atoms with Crippen molar-refractivity contribution < 1.29 is 9.53 Å². The molecule has 0 fully saturated rings. The lowest BCUT2D eigenvalue weighted by Crippen LogP contribution is -2.33. The van der Waals surface area contributed by atoms with Crippen LogP contribution in [-0.2, 0) is 4.74 Å². The molecule has 0 radical (unpaired) electrons. The molecule has 0 aliphatic heterocycles. The maximum atomic E-state index is 12.3. The van der Waals surface area contributed by atoms with Crippen LogP contribution in [0.2, 0.25) is 0 Å². The fraction of sp³-hybridized carbons (Fsp3) is 0.350. The molecule has 2 aromatic carbocycles. The Labute approximate surface area is 148 Å². The maximum absolute atomic E-state index is 12.3. The average Bonchev–Trinajstić information content (AvgIpc) is 2.93. The molecular formula is C20H25N3O2. The molecule has 5 nitrogen and oxygen atoms in total. The van der Waals surface area contributed by atoms with Crippen LogP contribution in [0.1, 0.15) is 19.9 Å². The molecular weight excluding hydrogens is 314 g/mol. The highest BCUT2D eigenvalue weighted by Crippen LogP contribution is 2.33. The van der Waals surface area contributed by atoms with E-state index in [2.05, 4.69) is 60.1 Å². The van der Waals surface area contributed by atoms with Crippen LogP contribution in [0.15, 0.2) is 42.5 Å². The number of hydrogen-bond donors (Lipinski definition) is 1. The van der Waals surface area contributed by atoms with Crippen molar-refractivity contribution in [3.63, 3.8) is 0 Å². The number of urea groups is 1. The first kappa shape index (κ1) is 17.3. The Balaban J connectivity index is 1.98. The SMILES string of the molecule is COCCN(C)C(=O)Nc1ccc2c(c1)c1ccccc1n2C(C)C. The van der Waals surface area contributed by atoms with Gasteiger partial charge in [-0.15, -0.1) is 0 Å². The number of anilines is 1. The van der Waals surface area contributed by atoms with Crippen LogP contribution in [0, 0.1) is 0 Å². The third-order valence-corrected chi connectivity index (χ3v) is 4.46. The van der Waals surface area contributed by atoms with Crippen molar-refractivity contribution in [1.29, 1.82) is 0 Å². The van der Waals surface area contributed by atoms with Crippen molar-refractivity contribution in [1.82, 2.24) is 9.47 Å². The first-order chi connectivity index (χ1) is 12.0. The van der Waals surface area contributed by atoms with Crippen molar-refractivity contribution in [2.75, 3.05) is 32.6 Å². The minimum atomic E-state index is -0.135. The van der Waals surface area contributed by atoms with Gasteiger partial charge < -0.3 is 19.5 Å². The number of amides is 2. The quantitative estimate of drug-likeness (QED) is 0.745. The first-order valence-electron chi connectivity index (χ1n) is 8.56. The molecule has 3 rings (SSSR count). The van der Waals surface area contributed by atoms with Gasteiger partial charge in [-0.2, -0.15) is 0 Å². The van der Waals surface area contributed by atoms with Gasteiger partial charge in [0.15, 0.2) is 0 Å². The molecule has 2 amide bonds. The minimum absolute atomic E-state index is 0.135. The van der Waals surface area contributed by atoms with Gasteiger partial charge in [0, 0.05) is 54.2 Å². The summed E-state index contributed by atoms with van der Waals surface area (Å²) in [5.74, 6) is 0. The zero-order chi connectivity index (χ0) is 18.0. The van der Waals surface area contributed by atoms with Gasteiger partial charge in [0.05, 0.1) is 6.61 Å². The van der Waals surface area contributed by atoms with Gasteiger partial charge in [0.2, 0.25) is 0 Å². The van der Waals surface area contributed by atoms with E-state index in [1.807, 2.05) is 6.07 Å². The molecule has 132 valence electrons. The van der Waals surface area contributed by atoms with Crippen LogP contribution in [-0.4, -0.2) is 42.8 Å². The van der Waals surface area contributed by atoms with Gasteiger partial charge in [0.1, 0.15) is 0 Å². The standard InChI is InChI=1S/C20H25N3O2/c1-14(2)23-18-8-6-5-7-16(18)17-13-15(9-10-19(17)23)21-20(24)22(3)11-12-25-4/h5-10,13-14H,11-12H2,1-4H3,(H,21,24). The Kier molecular flexibility index (Phi) is 4.95. The normalized spacial score (nSPS) is 11.4. The molecule has 0 bridgehead atoms. The second kappa shape index (κ2) is 7.15. The number of carbonyl (C=O) groups is 1. The number of nitrogens with zero attached hydrogens (tertiary/aromatic N) is 2. The molecule has 0 spiro atoms. The van der Waals surface area contributed by atoms with Crippen LogP contribution in [0.5, 0.6) is 0 Å². The zero-order valence-corrected chi connectivity index (χ0v) is 15.2. The van der Waals surface area contributed by atoms with Gasteiger partial charge in [-0.25, -0.2) is 4.79 Å². The molecule has 0 saturated heterocycles. The summed E-state index contributed by atoms with van der Waals surface area (Å²) in [6.07, 6.45) is 0. The Morgan fingerprint density at radius 2 is 1.88 bits per heavy atom. The van der Waals surface area contributed by atoms with Crippen molar-refractivity contribution in [2.45, 2.75) is 19.9 Å². The number of nitrogens with one attached hydrogen (secondary N) is 1. The molecule has 0 unspecified atom stereocenters. The topological polar surface area (TPSA) is 46.5 Å². The van der Waals surface area contributed by atoms with Crippen molar-refractivity contribution in [3.05, 3.63) is 42.5 Å². The lowest BCUT2D eigenvalue weighted by atomic mass is 10.1. The van der Waals surface area contributed by atoms with E-state index >= 15 is 0 Å². The molecule has 1 aromatic heterocycles. The Morgan fingerprint density at radius 1 is 1.16 bits per heavy atom. The molecule has 0 aliphatic rings. The highest BCUT2D eigenvalue weighted by Gasteiger charge is 2.14. The van der Waals surface area contributed by atoms with E-state index < -0.39 is 0 Å². The minimum Gasteiger partial charge on any atom is -0.383 e. The summed E-state index contributed by atoms with van der Waals surface area (Å²) < 4.78 is 7.35. The summed E-state index contributed by atoms with van der Waals surface area (Å²) in [5, 5.41) is 5.33. The molecule has 0 aliphatic carbocycles. The average molecular weight is 339 g/mol. The van der Waals surface area contributed by atoms with E-state index in [4.69, 9.17) is 4.74 Å². The van der Waals surface area contributed by atoms with Crippen molar-refractivity contribution >= 4 is 33.5 Å². The summed E-state index contributed by atoms with van der Waals surface area (Å²) in [6, 6.07) is 14.7. The summed E-state index contributed by atoms with van der Waals surface area (Å²) in [7, 11) is 3.39. The largest absolute Gasteiger partial charge is 0.383 e. The van der Waals surface area contributed by atoms with Gasteiger partial charge in [0.25, 0.3) is 0 Å². The smallest absolute Gasteiger partial charge is 0.321 e. The van der Waals surface area contributed by atoms with E-state index in [-0.39, 0.29) is 6.03 Å². The van der Waals surface area contributed by atoms with E-state index in [1.54, 1.807) is 19.1 Å². The maximum Gasteiger partial charge on any atom is 0.321 e. The molecule has 0 saturated carbocycles. The number of benzene rings is 2. The van der Waals surface area contributed by atoms with E-state index in [0.717, 1.165) is 11.1 Å². The monoisotopic (exact) mass is 339 g/mol. The van der Waals surface area contributed by atoms with E-state index in [1.165, 1.54) is 16.4 Å². The third-order valence-electron chi connectivity index (χ3n) is 4.46. The number of fused-ring (bicyclic) bond motifs is 3. The molecule has 0 atom stereocenters. The molecule has 1 heterocycles. The zero-order valence-electron chi connectivity index (χ0n) is 15.2. The number of carbonyl (C=O) groups excluding carboxylic acids is 1. The van der Waals surface area contributed by atoms with Crippen LogP contribution < -0.4 is 5.32 Å². The summed E-state index contributed by atoms with van der Waals surface area (Å²) >= 11 is 0. The van der Waals surface area contributed by atoms with Crippen molar-refractivity contribution in [2.24, 2.45) is 0 Å². The van der Waals surface area contributed by atoms with Crippen molar-refractivity contribution in [3.8, 4) is 0 Å². The lowest BCUT2D eigenvalue weighted by molar-refractivity contribution is 0.165. The lowest BCUT2D eigenvalue weighted by Gasteiger charge is -2.17. The fourth-order valence-electron chi connectivity index (χ4n) is 3.19. The van der Waals surface area contributed by atoms with Crippen LogP contribution in [0.3, 0.4) is 0 Å². The number of methoxy groups -OCH3 is 1. The summed E-state index contributed by atoms with van der Waals surface area (Å²) in [4.78, 5) is 13.9. The molecule has 1 N–H and O–H groups in total. The predicted octanol–water partition coefficient (Wildman–Crippen LogP) is 4.49. The summed E-state index contributed by atoms with van der Waals surface area (Å²) in [5.41, 5.74) is 3.20. The summed E-state index contributed by atoms with van der Waals surface area (Å²) in [6.45, 7) is 5.45. The highest BCUT2D eigenvalue weighted by atomic mass is 16.5. The van der Waals surface area contributed by atoms with E-state index in [9.17, 15) is 4.79 Å². The number of rotatable bonds is 5. The van der Waals surface area contributed by atoms with Crippen LogP contribution >= 0.6 is 0 Å². The number of para-hydroxylation sites is 1. The Hall–Kier alpha value is -2.53.